The van der Waals surface area contributed by atoms with Gasteiger partial charge in [-0.25, -0.2) is 5.43 Å². The van der Waals surface area contributed by atoms with Gasteiger partial charge in [-0.1, -0.05) is 18.2 Å². The van der Waals surface area contributed by atoms with E-state index in [0.717, 1.165) is 11.3 Å². The van der Waals surface area contributed by atoms with E-state index in [1.54, 1.807) is 31.4 Å². The third-order valence-corrected chi connectivity index (χ3v) is 3.49. The quantitative estimate of drug-likeness (QED) is 0.454. The summed E-state index contributed by atoms with van der Waals surface area (Å²) in [6.07, 6.45) is 1.20. The number of hydrazone groups is 1. The number of hydrogen-bond acceptors (Lipinski definition) is 5. The van der Waals surface area contributed by atoms with Crippen LogP contribution in [0.3, 0.4) is 0 Å². The maximum atomic E-state index is 11.9. The van der Waals surface area contributed by atoms with E-state index in [1.165, 1.54) is 6.21 Å². The van der Waals surface area contributed by atoms with Crippen LogP contribution < -0.4 is 20.4 Å². The number of hydrogen-bond donors (Lipinski definition) is 2. The highest BCUT2D eigenvalue weighted by Crippen LogP contribution is 2.16. The second-order valence-electron chi connectivity index (χ2n) is 5.74. The van der Waals surface area contributed by atoms with Crippen molar-refractivity contribution in [3.63, 3.8) is 0 Å². The molecule has 0 bridgehead atoms. The second-order valence-corrected chi connectivity index (χ2v) is 5.74. The molecule has 2 aromatic rings. The second kappa shape index (κ2) is 9.22. The number of rotatable bonds is 7. The van der Waals surface area contributed by atoms with Crippen molar-refractivity contribution in [2.45, 2.75) is 6.42 Å². The first-order valence-corrected chi connectivity index (χ1v) is 8.01. The first-order valence-electron chi connectivity index (χ1n) is 8.01. The smallest absolute Gasteiger partial charge is 0.249 e. The molecule has 26 heavy (non-hydrogen) atoms. The fourth-order valence-electron chi connectivity index (χ4n) is 2.13. The number of methoxy groups -OCH3 is 1. The van der Waals surface area contributed by atoms with Crippen LogP contribution in [0, 0.1) is 0 Å². The van der Waals surface area contributed by atoms with Crippen molar-refractivity contribution in [3.05, 3.63) is 54.1 Å². The third-order valence-electron chi connectivity index (χ3n) is 3.49. The molecule has 0 heterocycles. The Morgan fingerprint density at radius 2 is 1.85 bits per heavy atom. The molecule has 7 heteroatoms. The number of nitrogens with one attached hydrogen (secondary N) is 2. The predicted octanol–water partition coefficient (Wildman–Crippen LogP) is 2.24. The predicted molar refractivity (Wildman–Crippen MR) is 103 cm³/mol. The van der Waals surface area contributed by atoms with Crippen molar-refractivity contribution in [1.82, 2.24) is 5.43 Å². The lowest BCUT2D eigenvalue weighted by atomic mass is 10.2. The van der Waals surface area contributed by atoms with Gasteiger partial charge in [-0.05, 0) is 29.8 Å². The van der Waals surface area contributed by atoms with Gasteiger partial charge in [0.2, 0.25) is 11.8 Å². The summed E-state index contributed by atoms with van der Waals surface area (Å²) in [5, 5.41) is 6.50. The van der Waals surface area contributed by atoms with E-state index >= 15 is 0 Å². The number of carbonyl (C=O) groups is 2. The van der Waals surface area contributed by atoms with E-state index in [1.807, 2.05) is 43.3 Å². The van der Waals surface area contributed by atoms with E-state index in [9.17, 15) is 9.59 Å². The Bertz CT molecular complexity index is 786. The highest BCUT2D eigenvalue weighted by atomic mass is 16.5. The Morgan fingerprint density at radius 1 is 1.12 bits per heavy atom. The molecule has 2 N–H and O–H groups in total. The van der Waals surface area contributed by atoms with Crippen LogP contribution in [0.25, 0.3) is 0 Å². The highest BCUT2D eigenvalue weighted by Gasteiger charge is 2.09. The van der Waals surface area contributed by atoms with E-state index < -0.39 is 11.8 Å². The molecule has 2 amide bonds. The zero-order valence-corrected chi connectivity index (χ0v) is 15.0. The molecule has 0 aliphatic rings. The average molecular weight is 354 g/mol. The molecule has 0 atom stereocenters. The number of ether oxygens (including phenoxy) is 1. The van der Waals surface area contributed by atoms with Gasteiger partial charge in [0.1, 0.15) is 12.2 Å². The first kappa shape index (κ1) is 19.0. The molecule has 0 unspecified atom stereocenters. The number of anilines is 2. The molecule has 7 nitrogen and oxygen atoms in total. The number of benzene rings is 2. The summed E-state index contributed by atoms with van der Waals surface area (Å²) in [6.45, 7) is 0. The lowest BCUT2D eigenvalue weighted by Crippen LogP contribution is -2.24. The van der Waals surface area contributed by atoms with Crippen LogP contribution in [0.2, 0.25) is 0 Å². The molecule has 0 saturated carbocycles. The molecule has 0 aliphatic carbocycles. The Kier molecular flexibility index (Phi) is 6.73. The minimum Gasteiger partial charge on any atom is -0.497 e. The zero-order chi connectivity index (χ0) is 18.9. The fourth-order valence-corrected chi connectivity index (χ4v) is 2.13. The summed E-state index contributed by atoms with van der Waals surface area (Å²) in [6, 6.07) is 14.6. The summed E-state index contributed by atoms with van der Waals surface area (Å²) in [7, 11) is 5.46. The van der Waals surface area contributed by atoms with Crippen LogP contribution in [-0.2, 0) is 9.59 Å². The maximum absolute atomic E-state index is 11.9. The van der Waals surface area contributed by atoms with E-state index in [0.29, 0.717) is 11.4 Å². The topological polar surface area (TPSA) is 83.0 Å². The molecule has 0 radical (unpaired) electrons. The molecular weight excluding hydrogens is 332 g/mol. The standard InChI is InChI=1S/C19H22N4O3/c1-23(2)16-9-7-14(8-10-16)13-20-22-19(25)12-18(24)21-15-5-4-6-17(11-15)26-3/h4-11,13H,12H2,1-3H3,(H,21,24)(H,22,25). The van der Waals surface area contributed by atoms with E-state index in [4.69, 9.17) is 4.74 Å². The lowest BCUT2D eigenvalue weighted by Gasteiger charge is -2.11. The monoisotopic (exact) mass is 354 g/mol. The summed E-state index contributed by atoms with van der Waals surface area (Å²) < 4.78 is 5.08. The van der Waals surface area contributed by atoms with Crippen molar-refractivity contribution < 1.29 is 14.3 Å². The molecule has 0 saturated heterocycles. The Labute approximate surface area is 152 Å². The molecule has 0 aliphatic heterocycles. The molecule has 0 spiro atoms. The van der Waals surface area contributed by atoms with Gasteiger partial charge in [0.15, 0.2) is 0 Å². The SMILES string of the molecule is COc1cccc(NC(=O)CC(=O)NN=Cc2ccc(N(C)C)cc2)c1. The minimum absolute atomic E-state index is 0.325. The molecule has 2 aromatic carbocycles. The van der Waals surface area contributed by atoms with Crippen molar-refractivity contribution >= 4 is 29.4 Å². The largest absolute Gasteiger partial charge is 0.497 e. The number of nitrogens with zero attached hydrogens (tertiary/aromatic N) is 2. The molecular formula is C19H22N4O3. The van der Waals surface area contributed by atoms with Crippen molar-refractivity contribution in [2.75, 3.05) is 31.4 Å². The van der Waals surface area contributed by atoms with Gasteiger partial charge in [0.25, 0.3) is 0 Å². The first-order chi connectivity index (χ1) is 12.5. The Balaban J connectivity index is 1.81. The summed E-state index contributed by atoms with van der Waals surface area (Å²) in [5.41, 5.74) is 4.82. The van der Waals surface area contributed by atoms with E-state index in [-0.39, 0.29) is 6.42 Å². The minimum atomic E-state index is -0.494. The zero-order valence-electron chi connectivity index (χ0n) is 15.0. The number of carbonyl (C=O) groups excluding carboxylic acids is 2. The van der Waals surface area contributed by atoms with Gasteiger partial charge in [-0.15, -0.1) is 0 Å². The molecule has 0 fully saturated rings. The van der Waals surface area contributed by atoms with Gasteiger partial charge in [0, 0.05) is 31.5 Å². The summed E-state index contributed by atoms with van der Waals surface area (Å²) in [5.74, 6) is -0.301. The number of amides is 2. The average Bonchev–Trinajstić information content (AvgIpc) is 2.62. The van der Waals surface area contributed by atoms with Crippen LogP contribution in [0.1, 0.15) is 12.0 Å². The van der Waals surface area contributed by atoms with Gasteiger partial charge < -0.3 is 15.0 Å². The van der Waals surface area contributed by atoms with Crippen LogP contribution >= 0.6 is 0 Å². The van der Waals surface area contributed by atoms with Gasteiger partial charge >= 0.3 is 0 Å². The van der Waals surface area contributed by atoms with Crippen LogP contribution in [0.5, 0.6) is 5.75 Å². The van der Waals surface area contributed by atoms with E-state index in [2.05, 4.69) is 15.8 Å². The normalized spacial score (nSPS) is 10.4. The third kappa shape index (κ3) is 5.94. The van der Waals surface area contributed by atoms with Crippen molar-refractivity contribution in [3.8, 4) is 5.75 Å². The molecule has 136 valence electrons. The van der Waals surface area contributed by atoms with Gasteiger partial charge in [0.05, 0.1) is 13.3 Å². The summed E-state index contributed by atoms with van der Waals surface area (Å²) >= 11 is 0. The van der Waals surface area contributed by atoms with Crippen molar-refractivity contribution in [2.24, 2.45) is 5.10 Å². The van der Waals surface area contributed by atoms with Crippen LogP contribution in [0.15, 0.2) is 53.6 Å². The highest BCUT2D eigenvalue weighted by molar-refractivity contribution is 6.03. The van der Waals surface area contributed by atoms with Crippen LogP contribution in [0.4, 0.5) is 11.4 Å². The lowest BCUT2D eigenvalue weighted by molar-refractivity contribution is -0.126. The van der Waals surface area contributed by atoms with Crippen molar-refractivity contribution in [1.29, 1.82) is 0 Å². The molecule has 2 rings (SSSR count). The van der Waals surface area contributed by atoms with Gasteiger partial charge in [-0.2, -0.15) is 5.10 Å². The summed E-state index contributed by atoms with van der Waals surface area (Å²) in [4.78, 5) is 25.7. The Morgan fingerprint density at radius 3 is 2.50 bits per heavy atom. The Hall–Kier alpha value is -3.35. The van der Waals surface area contributed by atoms with Gasteiger partial charge in [-0.3, -0.25) is 9.59 Å². The maximum Gasteiger partial charge on any atom is 0.249 e. The van der Waals surface area contributed by atoms with Crippen LogP contribution in [-0.4, -0.2) is 39.2 Å². The molecule has 0 aromatic heterocycles. The fraction of sp³-hybridized carbons (Fsp3) is 0.211.